The summed E-state index contributed by atoms with van der Waals surface area (Å²) in [5.74, 6) is -0.256. The molecular formula is C24H20Cl2O3P. The highest BCUT2D eigenvalue weighted by Gasteiger charge is 2.28. The Kier molecular flexibility index (Phi) is 6.57. The minimum absolute atomic E-state index is 0.00274. The van der Waals surface area contributed by atoms with Crippen LogP contribution in [-0.2, 0) is 4.57 Å². The van der Waals surface area contributed by atoms with Crippen molar-refractivity contribution in [1.82, 2.24) is 0 Å². The quantitative estimate of drug-likeness (QED) is 0.314. The first-order chi connectivity index (χ1) is 14.1. The molecule has 30 heavy (non-hydrogen) atoms. The van der Waals surface area contributed by atoms with Crippen LogP contribution in [0.3, 0.4) is 0 Å². The van der Waals surface area contributed by atoms with Gasteiger partial charge in [-0.25, -0.2) is 0 Å². The third kappa shape index (κ3) is 3.98. The third-order valence-electron chi connectivity index (χ3n) is 5.32. The number of rotatable bonds is 5. The van der Waals surface area contributed by atoms with E-state index < -0.39 is 13.3 Å². The third-order valence-corrected chi connectivity index (χ3v) is 7.37. The van der Waals surface area contributed by atoms with Gasteiger partial charge in [0.2, 0.25) is 5.52 Å². The van der Waals surface area contributed by atoms with Gasteiger partial charge in [-0.3, -0.25) is 14.2 Å². The zero-order valence-corrected chi connectivity index (χ0v) is 19.5. The Labute approximate surface area is 186 Å². The van der Waals surface area contributed by atoms with E-state index in [0.29, 0.717) is 5.56 Å². The van der Waals surface area contributed by atoms with Gasteiger partial charge in [0, 0.05) is 11.1 Å². The zero-order chi connectivity index (χ0) is 22.2. The smallest absolute Gasteiger partial charge is 0.249 e. The number of carbonyl (C=O) groups is 2. The van der Waals surface area contributed by atoms with Crippen LogP contribution in [0.5, 0.6) is 0 Å². The maximum absolute atomic E-state index is 13.5. The monoisotopic (exact) mass is 457 g/mol. The van der Waals surface area contributed by atoms with Crippen molar-refractivity contribution in [3.63, 3.8) is 0 Å². The van der Waals surface area contributed by atoms with E-state index >= 15 is 0 Å². The highest BCUT2D eigenvalue weighted by atomic mass is 35.5. The second-order valence-corrected chi connectivity index (χ2v) is 9.47. The molecule has 6 heteroatoms. The first-order valence-corrected chi connectivity index (χ1v) is 11.3. The fraction of sp³-hybridized carbons (Fsp3) is 0.167. The van der Waals surface area contributed by atoms with Crippen molar-refractivity contribution in [3.05, 3.63) is 97.5 Å². The van der Waals surface area contributed by atoms with Gasteiger partial charge in [0.1, 0.15) is 0 Å². The van der Waals surface area contributed by atoms with Crippen LogP contribution in [0.4, 0.5) is 0 Å². The highest BCUT2D eigenvalue weighted by molar-refractivity contribution is 7.71. The van der Waals surface area contributed by atoms with Crippen LogP contribution in [0.2, 0.25) is 10.0 Å². The van der Waals surface area contributed by atoms with E-state index in [-0.39, 0.29) is 32.3 Å². The first-order valence-electron chi connectivity index (χ1n) is 9.31. The van der Waals surface area contributed by atoms with E-state index in [0.717, 1.165) is 22.3 Å². The molecule has 3 rings (SSSR count). The number of benzene rings is 3. The molecule has 3 nitrogen and oxygen atoms in total. The molecule has 1 radical (unpaired) electrons. The summed E-state index contributed by atoms with van der Waals surface area (Å²) in [5.41, 5.74) is 3.86. The molecule has 1 atom stereocenters. The van der Waals surface area contributed by atoms with Crippen LogP contribution in [0.15, 0.2) is 48.5 Å². The van der Waals surface area contributed by atoms with E-state index in [9.17, 15) is 14.2 Å². The van der Waals surface area contributed by atoms with E-state index in [1.807, 2.05) is 33.8 Å². The minimum Gasteiger partial charge on any atom is -0.289 e. The van der Waals surface area contributed by atoms with E-state index in [2.05, 4.69) is 0 Å². The molecule has 0 aliphatic heterocycles. The van der Waals surface area contributed by atoms with Crippen molar-refractivity contribution in [2.24, 2.45) is 0 Å². The molecule has 0 N–H and O–H groups in total. The van der Waals surface area contributed by atoms with Gasteiger partial charge in [-0.15, -0.1) is 0 Å². The maximum Gasteiger partial charge on any atom is 0.249 e. The molecule has 0 fully saturated rings. The molecule has 0 aliphatic carbocycles. The molecule has 0 bridgehead atoms. The van der Waals surface area contributed by atoms with Crippen LogP contribution in [0, 0.1) is 27.7 Å². The molecule has 1 unspecified atom stereocenters. The summed E-state index contributed by atoms with van der Waals surface area (Å²) in [6.45, 7) is 7.69. The molecule has 3 aromatic carbocycles. The van der Waals surface area contributed by atoms with Gasteiger partial charge >= 0.3 is 0 Å². The summed E-state index contributed by atoms with van der Waals surface area (Å²) in [6.07, 6.45) is 0. The highest BCUT2D eigenvalue weighted by Crippen LogP contribution is 2.35. The fourth-order valence-corrected chi connectivity index (χ4v) is 5.43. The fourth-order valence-electron chi connectivity index (χ4n) is 3.45. The summed E-state index contributed by atoms with van der Waals surface area (Å²) in [7, 11) is -2.60. The maximum atomic E-state index is 13.5. The Morgan fingerprint density at radius 1 is 0.767 bits per heavy atom. The van der Waals surface area contributed by atoms with Crippen LogP contribution in [0.1, 0.15) is 48.5 Å². The predicted octanol–water partition coefficient (Wildman–Crippen LogP) is 6.75. The van der Waals surface area contributed by atoms with Gasteiger partial charge in [0.15, 0.2) is 13.6 Å². The molecule has 0 heterocycles. The average Bonchev–Trinajstić information content (AvgIpc) is 2.71. The van der Waals surface area contributed by atoms with Crippen LogP contribution in [-0.4, -0.2) is 11.3 Å². The number of carbonyl (C=O) groups excluding carboxylic acids is 2. The summed E-state index contributed by atoms with van der Waals surface area (Å²) in [5, 5.41) is 0.428. The topological polar surface area (TPSA) is 51.2 Å². The molecule has 0 spiro atoms. The number of aryl methyl sites for hydroxylation is 2. The van der Waals surface area contributed by atoms with Crippen molar-refractivity contribution in [1.29, 1.82) is 0 Å². The largest absolute Gasteiger partial charge is 0.289 e. The average molecular weight is 458 g/mol. The molecule has 0 saturated heterocycles. The Morgan fingerprint density at radius 2 is 1.30 bits per heavy atom. The van der Waals surface area contributed by atoms with E-state index in [1.54, 1.807) is 30.3 Å². The van der Waals surface area contributed by atoms with Gasteiger partial charge in [0.05, 0.1) is 20.9 Å². The SMILES string of the molecule is Cc1cc(C)c(C)c(C(=O)c2ccccc2[P](=O)C(=O)c2c(Cl)cccc2Cl)c1C. The molecule has 0 saturated carbocycles. The lowest BCUT2D eigenvalue weighted by atomic mass is 9.89. The van der Waals surface area contributed by atoms with Gasteiger partial charge < -0.3 is 0 Å². The molecule has 3 aromatic rings. The van der Waals surface area contributed by atoms with Crippen LogP contribution < -0.4 is 5.30 Å². The lowest BCUT2D eigenvalue weighted by molar-refractivity contribution is 0.103. The lowest BCUT2D eigenvalue weighted by Gasteiger charge is -2.16. The van der Waals surface area contributed by atoms with Crippen molar-refractivity contribution in [2.75, 3.05) is 0 Å². The Balaban J connectivity index is 2.13. The van der Waals surface area contributed by atoms with Crippen LogP contribution in [0.25, 0.3) is 0 Å². The Bertz CT molecular complexity index is 1170. The van der Waals surface area contributed by atoms with Crippen molar-refractivity contribution in [2.45, 2.75) is 27.7 Å². The van der Waals surface area contributed by atoms with E-state index in [4.69, 9.17) is 23.2 Å². The number of ketones is 1. The lowest BCUT2D eigenvalue weighted by Crippen LogP contribution is -2.18. The Hall–Kier alpha value is -2.32. The normalized spacial score (nSPS) is 11.3. The predicted molar refractivity (Wildman–Crippen MR) is 123 cm³/mol. The van der Waals surface area contributed by atoms with Gasteiger partial charge in [-0.2, -0.15) is 0 Å². The number of halogens is 2. The first kappa shape index (κ1) is 22.4. The van der Waals surface area contributed by atoms with Crippen molar-refractivity contribution < 1.29 is 14.2 Å². The second kappa shape index (κ2) is 8.81. The molecule has 0 amide bonds. The molecule has 0 aliphatic rings. The van der Waals surface area contributed by atoms with Crippen LogP contribution >= 0.6 is 31.0 Å². The summed E-state index contributed by atoms with van der Waals surface area (Å²) < 4.78 is 13.2. The Morgan fingerprint density at radius 3 is 1.87 bits per heavy atom. The standard InChI is InChI=1S/C24H20Cl2O3P/c1-13-12-14(2)16(4)21(15(13)3)23(27)17-8-5-6-11-20(17)30(29)24(28)22-18(25)9-7-10-19(22)26/h5-12H,1-4H3. The molecular weight excluding hydrogens is 438 g/mol. The summed E-state index contributed by atoms with van der Waals surface area (Å²) in [4.78, 5) is 26.5. The number of hydrogen-bond donors (Lipinski definition) is 0. The molecule has 153 valence electrons. The number of hydrogen-bond acceptors (Lipinski definition) is 3. The van der Waals surface area contributed by atoms with Gasteiger partial charge in [-0.05, 0) is 74.2 Å². The van der Waals surface area contributed by atoms with Crippen molar-refractivity contribution >= 4 is 47.6 Å². The zero-order valence-electron chi connectivity index (χ0n) is 17.0. The van der Waals surface area contributed by atoms with Gasteiger partial charge in [0.25, 0.3) is 0 Å². The molecule has 0 aromatic heterocycles. The summed E-state index contributed by atoms with van der Waals surface area (Å²) >= 11 is 12.3. The van der Waals surface area contributed by atoms with E-state index in [1.165, 1.54) is 12.1 Å². The second-order valence-electron chi connectivity index (χ2n) is 7.18. The van der Waals surface area contributed by atoms with Gasteiger partial charge in [-0.1, -0.05) is 47.5 Å². The minimum atomic E-state index is -2.60. The van der Waals surface area contributed by atoms with Crippen molar-refractivity contribution in [3.8, 4) is 0 Å². The summed E-state index contributed by atoms with van der Waals surface area (Å²) in [6, 6.07) is 13.2.